The molecule has 0 spiro atoms. The van der Waals surface area contributed by atoms with Crippen molar-refractivity contribution in [3.8, 4) is 16.9 Å². The molecule has 0 saturated heterocycles. The molecule has 3 aromatic carbocycles. The number of aryl methyl sites for hydroxylation is 1. The van der Waals surface area contributed by atoms with E-state index in [1.807, 2.05) is 6.07 Å². The van der Waals surface area contributed by atoms with Crippen molar-refractivity contribution in [1.29, 1.82) is 0 Å². The van der Waals surface area contributed by atoms with Crippen LogP contribution in [0.2, 0.25) is 0 Å². The second-order valence-corrected chi connectivity index (χ2v) is 7.53. The Morgan fingerprint density at radius 1 is 0.903 bits per heavy atom. The zero-order valence-electron chi connectivity index (χ0n) is 17.3. The average Bonchev–Trinajstić information content (AvgIpc) is 2.79. The summed E-state index contributed by atoms with van der Waals surface area (Å²) in [5.41, 5.74) is 6.59. The van der Waals surface area contributed by atoms with Gasteiger partial charge in [0.2, 0.25) is 0 Å². The highest BCUT2D eigenvalue weighted by atomic mass is 16.6. The molecule has 0 bridgehead atoms. The standard InChI is InChI=1S/C26H25NO4/c28-26(29)17-19-6-4-10-23(16-19)30-14-15-31-27-25-11-5-9-22-18-21(12-13-24(22)25)20-7-2-1-3-8-20/h1-4,6-8,10,12-13,16,18H,5,9,11,14-15,17H2,(H,28,29)/b27-25+. The summed E-state index contributed by atoms with van der Waals surface area (Å²) in [5, 5.41) is 13.3. The van der Waals surface area contributed by atoms with E-state index in [-0.39, 0.29) is 6.42 Å². The van der Waals surface area contributed by atoms with E-state index in [1.165, 1.54) is 16.7 Å². The van der Waals surface area contributed by atoms with Gasteiger partial charge in [0.05, 0.1) is 12.1 Å². The zero-order valence-corrected chi connectivity index (χ0v) is 17.3. The van der Waals surface area contributed by atoms with Crippen LogP contribution < -0.4 is 4.74 Å². The number of aliphatic carboxylic acids is 1. The molecule has 0 amide bonds. The number of oxime groups is 1. The summed E-state index contributed by atoms with van der Waals surface area (Å²) in [5.74, 6) is -0.230. The molecule has 0 heterocycles. The van der Waals surface area contributed by atoms with Crippen LogP contribution in [0.25, 0.3) is 11.1 Å². The van der Waals surface area contributed by atoms with E-state index < -0.39 is 5.97 Å². The highest BCUT2D eigenvalue weighted by Crippen LogP contribution is 2.28. The predicted octanol–water partition coefficient (Wildman–Crippen LogP) is 5.12. The maximum Gasteiger partial charge on any atom is 0.307 e. The lowest BCUT2D eigenvalue weighted by Crippen LogP contribution is -2.13. The first-order valence-electron chi connectivity index (χ1n) is 10.5. The van der Waals surface area contributed by atoms with Gasteiger partial charge in [-0.1, -0.05) is 65.8 Å². The molecular weight excluding hydrogens is 390 g/mol. The number of carboxylic acids is 1. The van der Waals surface area contributed by atoms with Crippen molar-refractivity contribution < 1.29 is 19.5 Å². The quantitative estimate of drug-likeness (QED) is 0.410. The Morgan fingerprint density at radius 2 is 1.77 bits per heavy atom. The lowest BCUT2D eigenvalue weighted by atomic mass is 9.88. The normalized spacial score (nSPS) is 14.1. The van der Waals surface area contributed by atoms with Crippen LogP contribution in [0.15, 0.2) is 78.0 Å². The third-order valence-corrected chi connectivity index (χ3v) is 5.25. The van der Waals surface area contributed by atoms with Crippen LogP contribution in [0.4, 0.5) is 0 Å². The van der Waals surface area contributed by atoms with Crippen molar-refractivity contribution in [2.45, 2.75) is 25.7 Å². The molecule has 0 saturated carbocycles. The van der Waals surface area contributed by atoms with E-state index >= 15 is 0 Å². The molecule has 4 rings (SSSR count). The molecule has 158 valence electrons. The molecule has 0 atom stereocenters. The van der Waals surface area contributed by atoms with E-state index in [9.17, 15) is 4.79 Å². The molecule has 0 aromatic heterocycles. The number of ether oxygens (including phenoxy) is 1. The van der Waals surface area contributed by atoms with Gasteiger partial charge in [-0.3, -0.25) is 4.79 Å². The van der Waals surface area contributed by atoms with E-state index in [2.05, 4.69) is 47.6 Å². The molecule has 0 radical (unpaired) electrons. The van der Waals surface area contributed by atoms with Crippen LogP contribution in [0, 0.1) is 0 Å². The van der Waals surface area contributed by atoms with Crippen LogP contribution >= 0.6 is 0 Å². The first-order valence-corrected chi connectivity index (χ1v) is 10.5. The molecule has 31 heavy (non-hydrogen) atoms. The zero-order chi connectivity index (χ0) is 21.5. The first-order chi connectivity index (χ1) is 15.2. The van der Waals surface area contributed by atoms with Crippen molar-refractivity contribution in [3.05, 3.63) is 89.5 Å². The first kappa shape index (κ1) is 20.7. The van der Waals surface area contributed by atoms with Crippen molar-refractivity contribution in [3.63, 3.8) is 0 Å². The SMILES string of the molecule is O=C(O)Cc1cccc(OCCO/N=C2\CCCc3cc(-c4ccccc4)ccc32)c1. The predicted molar refractivity (Wildman–Crippen MR) is 121 cm³/mol. The Hall–Kier alpha value is -3.60. The summed E-state index contributed by atoms with van der Waals surface area (Å²) in [7, 11) is 0. The van der Waals surface area contributed by atoms with Gasteiger partial charge in [0.1, 0.15) is 12.4 Å². The maximum atomic E-state index is 10.8. The minimum absolute atomic E-state index is 0.0211. The monoisotopic (exact) mass is 415 g/mol. The number of fused-ring (bicyclic) bond motifs is 1. The van der Waals surface area contributed by atoms with Crippen LogP contribution in [-0.2, 0) is 22.5 Å². The van der Waals surface area contributed by atoms with Crippen molar-refractivity contribution in [1.82, 2.24) is 0 Å². The number of hydrogen-bond acceptors (Lipinski definition) is 4. The van der Waals surface area contributed by atoms with Gasteiger partial charge in [0.25, 0.3) is 0 Å². The number of hydrogen-bond donors (Lipinski definition) is 1. The Balaban J connectivity index is 1.34. The van der Waals surface area contributed by atoms with Gasteiger partial charge in [0, 0.05) is 5.56 Å². The third kappa shape index (κ3) is 5.51. The number of benzene rings is 3. The lowest BCUT2D eigenvalue weighted by molar-refractivity contribution is -0.136. The fraction of sp³-hybridized carbons (Fsp3) is 0.231. The summed E-state index contributed by atoms with van der Waals surface area (Å²) in [6.45, 7) is 0.664. The Kier molecular flexibility index (Phi) is 6.62. The minimum Gasteiger partial charge on any atom is -0.490 e. The van der Waals surface area contributed by atoms with E-state index in [0.29, 0.717) is 24.5 Å². The third-order valence-electron chi connectivity index (χ3n) is 5.25. The van der Waals surface area contributed by atoms with E-state index in [4.69, 9.17) is 14.7 Å². The van der Waals surface area contributed by atoms with Gasteiger partial charge in [-0.2, -0.15) is 0 Å². The van der Waals surface area contributed by atoms with E-state index in [1.54, 1.807) is 24.3 Å². The number of rotatable bonds is 8. The fourth-order valence-corrected chi connectivity index (χ4v) is 3.81. The second kappa shape index (κ2) is 9.94. The Labute approximate surface area is 181 Å². The molecule has 1 N–H and O–H groups in total. The highest BCUT2D eigenvalue weighted by Gasteiger charge is 2.17. The van der Waals surface area contributed by atoms with E-state index in [0.717, 1.165) is 30.5 Å². The molecule has 3 aromatic rings. The number of carboxylic acid groups (broad SMARTS) is 1. The van der Waals surface area contributed by atoms with Gasteiger partial charge < -0.3 is 14.7 Å². The molecular formula is C26H25NO4. The summed E-state index contributed by atoms with van der Waals surface area (Å²) in [4.78, 5) is 16.4. The fourth-order valence-electron chi connectivity index (χ4n) is 3.81. The van der Waals surface area contributed by atoms with Gasteiger partial charge in [-0.25, -0.2) is 0 Å². The van der Waals surface area contributed by atoms with Crippen LogP contribution in [-0.4, -0.2) is 30.0 Å². The summed E-state index contributed by atoms with van der Waals surface area (Å²) in [6, 6.07) is 24.0. The average molecular weight is 415 g/mol. The number of carbonyl (C=O) groups is 1. The minimum atomic E-state index is -0.861. The van der Waals surface area contributed by atoms with Crippen LogP contribution in [0.3, 0.4) is 0 Å². The highest BCUT2D eigenvalue weighted by molar-refractivity contribution is 6.02. The smallest absolute Gasteiger partial charge is 0.307 e. The van der Waals surface area contributed by atoms with Gasteiger partial charge >= 0.3 is 5.97 Å². The van der Waals surface area contributed by atoms with Crippen molar-refractivity contribution >= 4 is 11.7 Å². The second-order valence-electron chi connectivity index (χ2n) is 7.53. The Morgan fingerprint density at radius 3 is 2.61 bits per heavy atom. The summed E-state index contributed by atoms with van der Waals surface area (Å²) >= 11 is 0. The molecule has 0 aliphatic heterocycles. The van der Waals surface area contributed by atoms with Crippen molar-refractivity contribution in [2.24, 2.45) is 5.16 Å². The van der Waals surface area contributed by atoms with Crippen LogP contribution in [0.1, 0.15) is 29.5 Å². The molecule has 5 heteroatoms. The van der Waals surface area contributed by atoms with Gasteiger partial charge in [-0.05, 0) is 53.6 Å². The topological polar surface area (TPSA) is 68.1 Å². The molecule has 1 aliphatic carbocycles. The molecule has 5 nitrogen and oxygen atoms in total. The van der Waals surface area contributed by atoms with Crippen LogP contribution in [0.5, 0.6) is 5.75 Å². The number of nitrogens with zero attached hydrogens (tertiary/aromatic N) is 1. The molecule has 1 aliphatic rings. The lowest BCUT2D eigenvalue weighted by Gasteiger charge is -2.18. The maximum absolute atomic E-state index is 10.8. The van der Waals surface area contributed by atoms with Gasteiger partial charge in [-0.15, -0.1) is 0 Å². The van der Waals surface area contributed by atoms with Crippen molar-refractivity contribution in [2.75, 3.05) is 13.2 Å². The molecule has 0 fully saturated rings. The molecule has 0 unspecified atom stereocenters. The Bertz CT molecular complexity index is 1080. The van der Waals surface area contributed by atoms with Gasteiger partial charge in [0.15, 0.2) is 6.61 Å². The largest absolute Gasteiger partial charge is 0.490 e. The summed E-state index contributed by atoms with van der Waals surface area (Å²) in [6.07, 6.45) is 2.98. The summed E-state index contributed by atoms with van der Waals surface area (Å²) < 4.78 is 5.66.